The number of aliphatic hydroxyl groups is 1. The topological polar surface area (TPSA) is 76.1 Å². The van der Waals surface area contributed by atoms with Crippen molar-refractivity contribution in [2.24, 2.45) is 0 Å². The van der Waals surface area contributed by atoms with Gasteiger partial charge in [0, 0.05) is 6.04 Å². The van der Waals surface area contributed by atoms with Crippen molar-refractivity contribution in [3.8, 4) is 0 Å². The quantitative estimate of drug-likeness (QED) is 0.782. The molecule has 1 heterocycles. The number of nitrogens with two attached hydrogens (primary N) is 1. The van der Waals surface area contributed by atoms with Gasteiger partial charge < -0.3 is 16.2 Å². The van der Waals surface area contributed by atoms with E-state index in [1.807, 2.05) is 11.6 Å². The summed E-state index contributed by atoms with van der Waals surface area (Å²) in [5, 5.41) is 17.8. The average molecular weight is 266 g/mol. The predicted molar refractivity (Wildman–Crippen MR) is 78.3 cm³/mol. The van der Waals surface area contributed by atoms with E-state index in [2.05, 4.69) is 24.3 Å². The van der Waals surface area contributed by atoms with Crippen molar-refractivity contribution in [2.45, 2.75) is 64.5 Å². The first kappa shape index (κ1) is 14.2. The third-order valence-electron chi connectivity index (χ3n) is 4.12. The summed E-state index contributed by atoms with van der Waals surface area (Å²) in [5.74, 6) is 0.864. The third-order valence-corrected chi connectivity index (χ3v) is 4.12. The van der Waals surface area contributed by atoms with Gasteiger partial charge in [-0.05, 0) is 33.6 Å². The highest BCUT2D eigenvalue weighted by molar-refractivity contribution is 5.66. The summed E-state index contributed by atoms with van der Waals surface area (Å²) in [5.41, 5.74) is 7.46. The maximum absolute atomic E-state index is 9.80. The van der Waals surface area contributed by atoms with Crippen LogP contribution in [0.5, 0.6) is 0 Å². The highest BCUT2D eigenvalue weighted by Gasteiger charge is 2.33. The third kappa shape index (κ3) is 2.71. The number of nitrogens with one attached hydrogen (secondary N) is 1. The molecule has 0 spiro atoms. The zero-order chi connectivity index (χ0) is 14.0. The van der Waals surface area contributed by atoms with E-state index in [1.165, 1.54) is 6.42 Å². The summed E-state index contributed by atoms with van der Waals surface area (Å²) in [4.78, 5) is 0. The zero-order valence-corrected chi connectivity index (χ0v) is 12.2. The lowest BCUT2D eigenvalue weighted by atomic mass is 9.82. The Balaban J connectivity index is 2.31. The fraction of sp³-hybridized carbons (Fsp3) is 0.786. The van der Waals surface area contributed by atoms with Crippen LogP contribution >= 0.6 is 0 Å². The van der Waals surface area contributed by atoms with Gasteiger partial charge in [-0.25, -0.2) is 4.68 Å². The Labute approximate surface area is 115 Å². The van der Waals surface area contributed by atoms with Gasteiger partial charge in [0.25, 0.3) is 0 Å². The predicted octanol–water partition coefficient (Wildman–Crippen LogP) is 2.46. The van der Waals surface area contributed by atoms with Crippen LogP contribution in [0.3, 0.4) is 0 Å². The van der Waals surface area contributed by atoms with Crippen LogP contribution in [0.1, 0.15) is 57.7 Å². The largest absolute Gasteiger partial charge is 0.394 e. The lowest BCUT2D eigenvalue weighted by Gasteiger charge is -2.37. The number of nitrogens with zero attached hydrogens (tertiary/aromatic N) is 2. The maximum Gasteiger partial charge on any atom is 0.148 e. The van der Waals surface area contributed by atoms with Crippen molar-refractivity contribution in [3.63, 3.8) is 0 Å². The van der Waals surface area contributed by atoms with Crippen molar-refractivity contribution in [1.82, 2.24) is 9.78 Å². The molecule has 19 heavy (non-hydrogen) atoms. The molecule has 0 aromatic carbocycles. The number of hydrogen-bond acceptors (Lipinski definition) is 4. The van der Waals surface area contributed by atoms with Crippen LogP contribution in [-0.2, 0) is 0 Å². The second kappa shape index (κ2) is 5.41. The van der Waals surface area contributed by atoms with E-state index in [1.54, 1.807) is 0 Å². The SMILES string of the molecule is Cc1nn(C(C)C)c(NC2(CO)CCCCC2)c1N. The van der Waals surface area contributed by atoms with Gasteiger partial charge in [0.15, 0.2) is 0 Å². The van der Waals surface area contributed by atoms with Gasteiger partial charge in [0.05, 0.1) is 23.5 Å². The lowest BCUT2D eigenvalue weighted by molar-refractivity contribution is 0.172. The molecule has 1 aromatic rings. The van der Waals surface area contributed by atoms with Crippen molar-refractivity contribution in [3.05, 3.63) is 5.69 Å². The number of anilines is 2. The highest BCUT2D eigenvalue weighted by atomic mass is 16.3. The average Bonchev–Trinajstić information content (AvgIpc) is 2.68. The Morgan fingerprint density at radius 3 is 2.53 bits per heavy atom. The highest BCUT2D eigenvalue weighted by Crippen LogP contribution is 2.35. The number of aryl methyl sites for hydroxylation is 1. The summed E-state index contributed by atoms with van der Waals surface area (Å²) in [7, 11) is 0. The van der Waals surface area contributed by atoms with Crippen LogP contribution in [0, 0.1) is 6.92 Å². The van der Waals surface area contributed by atoms with Crippen molar-refractivity contribution in [2.75, 3.05) is 17.7 Å². The smallest absolute Gasteiger partial charge is 0.148 e. The van der Waals surface area contributed by atoms with E-state index in [-0.39, 0.29) is 18.2 Å². The first-order chi connectivity index (χ1) is 8.99. The molecule has 1 aliphatic rings. The van der Waals surface area contributed by atoms with Gasteiger partial charge >= 0.3 is 0 Å². The Bertz CT molecular complexity index is 433. The van der Waals surface area contributed by atoms with Crippen LogP contribution in [0.25, 0.3) is 0 Å². The molecule has 0 atom stereocenters. The second-order valence-corrected chi connectivity index (χ2v) is 6.01. The number of aromatic nitrogens is 2. The standard InChI is InChI=1S/C14H26N4O/c1-10(2)18-13(12(15)11(3)17-18)16-14(9-19)7-5-4-6-8-14/h10,16,19H,4-9,15H2,1-3H3. The molecule has 0 saturated heterocycles. The first-order valence-corrected chi connectivity index (χ1v) is 7.23. The van der Waals surface area contributed by atoms with E-state index in [0.29, 0.717) is 5.69 Å². The van der Waals surface area contributed by atoms with Crippen LogP contribution in [0.4, 0.5) is 11.5 Å². The van der Waals surface area contributed by atoms with E-state index in [0.717, 1.165) is 37.2 Å². The molecule has 0 radical (unpaired) electrons. The minimum absolute atomic E-state index is 0.148. The minimum Gasteiger partial charge on any atom is -0.394 e. The number of rotatable bonds is 4. The Hall–Kier alpha value is -1.23. The maximum atomic E-state index is 9.80. The van der Waals surface area contributed by atoms with Crippen LogP contribution in [0.15, 0.2) is 0 Å². The molecule has 0 unspecified atom stereocenters. The fourth-order valence-electron chi connectivity index (χ4n) is 2.86. The minimum atomic E-state index is -0.231. The summed E-state index contributed by atoms with van der Waals surface area (Å²) in [6.07, 6.45) is 5.54. The molecular formula is C14H26N4O. The molecule has 1 aromatic heterocycles. The lowest BCUT2D eigenvalue weighted by Crippen LogP contribution is -2.44. The molecule has 5 heteroatoms. The molecule has 1 fully saturated rings. The van der Waals surface area contributed by atoms with E-state index in [4.69, 9.17) is 5.73 Å². The molecule has 2 rings (SSSR count). The van der Waals surface area contributed by atoms with Crippen molar-refractivity contribution < 1.29 is 5.11 Å². The fourth-order valence-corrected chi connectivity index (χ4v) is 2.86. The van der Waals surface area contributed by atoms with Gasteiger partial charge in [-0.15, -0.1) is 0 Å². The molecule has 4 N–H and O–H groups in total. The summed E-state index contributed by atoms with van der Waals surface area (Å²) in [6.45, 7) is 6.24. The van der Waals surface area contributed by atoms with E-state index in [9.17, 15) is 5.11 Å². The van der Waals surface area contributed by atoms with E-state index < -0.39 is 0 Å². The van der Waals surface area contributed by atoms with Gasteiger partial charge in [-0.3, -0.25) is 0 Å². The second-order valence-electron chi connectivity index (χ2n) is 6.01. The summed E-state index contributed by atoms with van der Waals surface area (Å²) in [6, 6.07) is 0.248. The van der Waals surface area contributed by atoms with Gasteiger partial charge in [-0.2, -0.15) is 5.10 Å². The Morgan fingerprint density at radius 1 is 1.37 bits per heavy atom. The van der Waals surface area contributed by atoms with Crippen LogP contribution < -0.4 is 11.1 Å². The summed E-state index contributed by atoms with van der Waals surface area (Å²) >= 11 is 0. The molecule has 1 saturated carbocycles. The molecule has 0 aliphatic heterocycles. The molecule has 1 aliphatic carbocycles. The first-order valence-electron chi connectivity index (χ1n) is 7.23. The van der Waals surface area contributed by atoms with Crippen molar-refractivity contribution in [1.29, 1.82) is 0 Å². The van der Waals surface area contributed by atoms with Crippen LogP contribution in [0.2, 0.25) is 0 Å². The van der Waals surface area contributed by atoms with Crippen molar-refractivity contribution >= 4 is 11.5 Å². The van der Waals surface area contributed by atoms with Gasteiger partial charge in [0.2, 0.25) is 0 Å². The van der Waals surface area contributed by atoms with Gasteiger partial charge in [0.1, 0.15) is 5.82 Å². The molecular weight excluding hydrogens is 240 g/mol. The number of aliphatic hydroxyl groups excluding tert-OH is 1. The summed E-state index contributed by atoms with van der Waals surface area (Å²) < 4.78 is 1.93. The number of nitrogen functional groups attached to an aromatic ring is 1. The Morgan fingerprint density at radius 2 is 2.00 bits per heavy atom. The number of hydrogen-bond donors (Lipinski definition) is 3. The molecule has 108 valence electrons. The van der Waals surface area contributed by atoms with Gasteiger partial charge in [-0.1, -0.05) is 19.3 Å². The van der Waals surface area contributed by atoms with Crippen LogP contribution in [-0.4, -0.2) is 27.0 Å². The molecule has 5 nitrogen and oxygen atoms in total. The monoisotopic (exact) mass is 266 g/mol. The normalized spacial score (nSPS) is 18.8. The molecule has 0 amide bonds. The zero-order valence-electron chi connectivity index (χ0n) is 12.2. The Kier molecular flexibility index (Phi) is 4.04. The molecule has 0 bridgehead atoms. The van der Waals surface area contributed by atoms with E-state index >= 15 is 0 Å².